The van der Waals surface area contributed by atoms with Gasteiger partial charge < -0.3 is 0 Å². The lowest BCUT2D eigenvalue weighted by molar-refractivity contribution is 0.426. The monoisotopic (exact) mass is 204 g/mol. The lowest BCUT2D eigenvalue weighted by Crippen LogP contribution is -2.13. The number of alkyl halides is 1. The minimum absolute atomic E-state index is 0.257. The van der Waals surface area contributed by atoms with Crippen molar-refractivity contribution in [3.8, 4) is 0 Å². The molecule has 0 bridgehead atoms. The third kappa shape index (κ3) is 2.50. The summed E-state index contributed by atoms with van der Waals surface area (Å²) >= 11 is 0. The molecule has 13 heavy (non-hydrogen) atoms. The Bertz CT molecular complexity index is 360. The van der Waals surface area contributed by atoms with Crippen LogP contribution in [0.25, 0.3) is 0 Å². The number of hydrogen-bond acceptors (Lipinski definition) is 2. The maximum atomic E-state index is 12.3. The van der Waals surface area contributed by atoms with Crippen LogP contribution in [-0.2, 0) is 10.1 Å². The highest BCUT2D eigenvalue weighted by Crippen LogP contribution is 2.21. The molecule has 72 valence electrons. The Morgan fingerprint density at radius 2 is 1.85 bits per heavy atom. The molecule has 1 aromatic carbocycles. The summed E-state index contributed by atoms with van der Waals surface area (Å²) in [4.78, 5) is 0. The summed E-state index contributed by atoms with van der Waals surface area (Å²) in [6, 6.07) is 7.77. The molecule has 1 rings (SSSR count). The molecule has 1 N–H and O–H groups in total. The van der Waals surface area contributed by atoms with Crippen molar-refractivity contribution in [2.45, 2.75) is 5.25 Å². The highest BCUT2D eigenvalue weighted by Gasteiger charge is 2.24. The van der Waals surface area contributed by atoms with E-state index in [-0.39, 0.29) is 5.56 Å². The third-order valence-corrected chi connectivity index (χ3v) is 2.79. The van der Waals surface area contributed by atoms with Gasteiger partial charge in [-0.2, -0.15) is 8.42 Å². The molecule has 5 heteroatoms. The Morgan fingerprint density at radius 1 is 1.31 bits per heavy atom. The van der Waals surface area contributed by atoms with Crippen molar-refractivity contribution in [2.75, 3.05) is 6.67 Å². The van der Waals surface area contributed by atoms with Crippen LogP contribution < -0.4 is 0 Å². The van der Waals surface area contributed by atoms with Crippen LogP contribution in [0.4, 0.5) is 4.39 Å². The molecule has 0 aliphatic carbocycles. The second kappa shape index (κ2) is 3.85. The minimum atomic E-state index is -4.34. The summed E-state index contributed by atoms with van der Waals surface area (Å²) in [6.07, 6.45) is 0. The van der Waals surface area contributed by atoms with Gasteiger partial charge in [-0.3, -0.25) is 4.55 Å². The summed E-state index contributed by atoms with van der Waals surface area (Å²) < 4.78 is 42.3. The second-order valence-electron chi connectivity index (χ2n) is 2.57. The molecular formula is C8H9FO3S. The smallest absolute Gasteiger partial charge is 0.274 e. The van der Waals surface area contributed by atoms with Gasteiger partial charge in [0.2, 0.25) is 0 Å². The molecule has 0 aliphatic rings. The average Bonchev–Trinajstić information content (AvgIpc) is 2.05. The lowest BCUT2D eigenvalue weighted by Gasteiger charge is -2.08. The van der Waals surface area contributed by atoms with Crippen LogP contribution in [0.3, 0.4) is 0 Å². The van der Waals surface area contributed by atoms with E-state index in [9.17, 15) is 12.8 Å². The molecule has 0 saturated heterocycles. The topological polar surface area (TPSA) is 54.4 Å². The second-order valence-corrected chi connectivity index (χ2v) is 4.17. The van der Waals surface area contributed by atoms with Crippen molar-refractivity contribution >= 4 is 10.1 Å². The van der Waals surface area contributed by atoms with Gasteiger partial charge in [0, 0.05) is 0 Å². The Balaban J connectivity index is 3.06. The van der Waals surface area contributed by atoms with E-state index in [4.69, 9.17) is 4.55 Å². The molecule has 0 aromatic heterocycles. The molecule has 1 aromatic rings. The molecule has 0 radical (unpaired) electrons. The fraction of sp³-hybridized carbons (Fsp3) is 0.250. The highest BCUT2D eigenvalue weighted by molar-refractivity contribution is 7.86. The van der Waals surface area contributed by atoms with Crippen LogP contribution in [0.2, 0.25) is 0 Å². The quantitative estimate of drug-likeness (QED) is 0.760. The number of halogens is 1. The molecule has 0 aliphatic heterocycles. The average molecular weight is 204 g/mol. The molecule has 0 heterocycles. The summed E-state index contributed by atoms with van der Waals surface area (Å²) in [6.45, 7) is -1.12. The van der Waals surface area contributed by atoms with Crippen LogP contribution >= 0.6 is 0 Å². The van der Waals surface area contributed by atoms with E-state index in [0.717, 1.165) is 0 Å². The van der Waals surface area contributed by atoms with E-state index < -0.39 is 22.0 Å². The Hall–Kier alpha value is -0.940. The van der Waals surface area contributed by atoms with E-state index in [1.165, 1.54) is 12.1 Å². The van der Waals surface area contributed by atoms with Crippen LogP contribution in [0.5, 0.6) is 0 Å². The van der Waals surface area contributed by atoms with Gasteiger partial charge in [0.1, 0.15) is 11.9 Å². The van der Waals surface area contributed by atoms with Crippen molar-refractivity contribution in [2.24, 2.45) is 0 Å². The van der Waals surface area contributed by atoms with E-state index in [1.54, 1.807) is 18.2 Å². The Morgan fingerprint density at radius 3 is 2.23 bits per heavy atom. The minimum Gasteiger partial charge on any atom is -0.285 e. The zero-order valence-corrected chi connectivity index (χ0v) is 7.54. The molecule has 1 atom stereocenters. The maximum Gasteiger partial charge on any atom is 0.274 e. The summed E-state index contributed by atoms with van der Waals surface area (Å²) in [5, 5.41) is -1.46. The summed E-state index contributed by atoms with van der Waals surface area (Å²) in [7, 11) is -4.34. The van der Waals surface area contributed by atoms with Crippen molar-refractivity contribution in [1.29, 1.82) is 0 Å². The zero-order valence-electron chi connectivity index (χ0n) is 6.72. The fourth-order valence-electron chi connectivity index (χ4n) is 1.01. The first-order valence-electron chi connectivity index (χ1n) is 3.63. The molecule has 0 saturated carbocycles. The van der Waals surface area contributed by atoms with Gasteiger partial charge in [0.25, 0.3) is 10.1 Å². The summed E-state index contributed by atoms with van der Waals surface area (Å²) in [5.74, 6) is 0. The van der Waals surface area contributed by atoms with Gasteiger partial charge in [-0.1, -0.05) is 30.3 Å². The molecule has 1 unspecified atom stereocenters. The van der Waals surface area contributed by atoms with Crippen molar-refractivity contribution in [3.05, 3.63) is 35.9 Å². The van der Waals surface area contributed by atoms with Crippen molar-refractivity contribution in [1.82, 2.24) is 0 Å². The number of hydrogen-bond donors (Lipinski definition) is 1. The lowest BCUT2D eigenvalue weighted by atomic mass is 10.2. The fourth-order valence-corrected chi connectivity index (χ4v) is 1.67. The third-order valence-electron chi connectivity index (χ3n) is 1.67. The predicted molar refractivity (Wildman–Crippen MR) is 46.7 cm³/mol. The molecule has 3 nitrogen and oxygen atoms in total. The Kier molecular flexibility index (Phi) is 3.00. The van der Waals surface area contributed by atoms with Crippen molar-refractivity contribution < 1.29 is 17.4 Å². The molecule has 0 spiro atoms. The van der Waals surface area contributed by atoms with Gasteiger partial charge in [0.05, 0.1) is 0 Å². The van der Waals surface area contributed by atoms with Gasteiger partial charge >= 0.3 is 0 Å². The van der Waals surface area contributed by atoms with Crippen LogP contribution in [0, 0.1) is 0 Å². The van der Waals surface area contributed by atoms with Crippen LogP contribution in [0.1, 0.15) is 10.8 Å². The van der Waals surface area contributed by atoms with Gasteiger partial charge in [0.15, 0.2) is 0 Å². The first-order chi connectivity index (χ1) is 6.05. The van der Waals surface area contributed by atoms with E-state index >= 15 is 0 Å². The van der Waals surface area contributed by atoms with Gasteiger partial charge in [-0.05, 0) is 5.56 Å². The largest absolute Gasteiger partial charge is 0.285 e. The zero-order chi connectivity index (χ0) is 9.90. The predicted octanol–water partition coefficient (Wildman–Crippen LogP) is 1.59. The van der Waals surface area contributed by atoms with E-state index in [1.807, 2.05) is 0 Å². The molecular weight excluding hydrogens is 195 g/mol. The standard InChI is InChI=1S/C8H9FO3S/c9-6-8(13(10,11)12)7-4-2-1-3-5-7/h1-5,8H,6H2,(H,10,11,12). The molecule has 0 fully saturated rings. The van der Waals surface area contributed by atoms with E-state index in [0.29, 0.717) is 0 Å². The summed E-state index contributed by atoms with van der Waals surface area (Å²) in [5.41, 5.74) is 0.257. The van der Waals surface area contributed by atoms with Crippen LogP contribution in [0.15, 0.2) is 30.3 Å². The Labute approximate surface area is 76.0 Å². The van der Waals surface area contributed by atoms with Gasteiger partial charge in [-0.25, -0.2) is 4.39 Å². The van der Waals surface area contributed by atoms with E-state index in [2.05, 4.69) is 0 Å². The number of rotatable bonds is 3. The molecule has 0 amide bonds. The highest BCUT2D eigenvalue weighted by atomic mass is 32.2. The maximum absolute atomic E-state index is 12.3. The van der Waals surface area contributed by atoms with Gasteiger partial charge in [-0.15, -0.1) is 0 Å². The normalized spacial score (nSPS) is 14.0. The SMILES string of the molecule is O=S(=O)(O)C(CF)c1ccccc1. The van der Waals surface area contributed by atoms with Crippen molar-refractivity contribution in [3.63, 3.8) is 0 Å². The van der Waals surface area contributed by atoms with Crippen LogP contribution in [-0.4, -0.2) is 19.6 Å². The first-order valence-corrected chi connectivity index (χ1v) is 5.13. The first kappa shape index (κ1) is 10.1. The number of benzene rings is 1.